The first-order chi connectivity index (χ1) is 13.9. The Labute approximate surface area is 174 Å². The van der Waals surface area contributed by atoms with Crippen molar-refractivity contribution in [3.63, 3.8) is 0 Å². The van der Waals surface area contributed by atoms with Crippen molar-refractivity contribution in [3.05, 3.63) is 40.7 Å². The number of rotatable bonds is 2. The molecule has 1 saturated carbocycles. The molecule has 1 N–H and O–H groups in total. The largest absolute Gasteiger partial charge is 0.461 e. The predicted octanol–water partition coefficient (Wildman–Crippen LogP) is 4.04. The molecule has 29 heavy (non-hydrogen) atoms. The summed E-state index contributed by atoms with van der Waals surface area (Å²) >= 11 is 1.56. The maximum Gasteiger partial charge on any atom is 0.309 e. The fourth-order valence-corrected chi connectivity index (χ4v) is 7.05. The Morgan fingerprint density at radius 2 is 2.14 bits per heavy atom. The molecule has 6 nitrogen and oxygen atoms in total. The number of carbonyl (C=O) groups is 2. The van der Waals surface area contributed by atoms with Crippen LogP contribution in [0.4, 0.5) is 5.13 Å². The second kappa shape index (κ2) is 6.62. The Morgan fingerprint density at radius 3 is 2.90 bits per heavy atom. The van der Waals surface area contributed by atoms with E-state index in [0.717, 1.165) is 25.0 Å². The molecule has 2 aliphatic carbocycles. The van der Waals surface area contributed by atoms with E-state index in [9.17, 15) is 9.59 Å². The third kappa shape index (κ3) is 2.89. The smallest absolute Gasteiger partial charge is 0.309 e. The Balaban J connectivity index is 1.44. The van der Waals surface area contributed by atoms with Gasteiger partial charge < -0.3 is 4.74 Å². The van der Waals surface area contributed by atoms with Crippen molar-refractivity contribution < 1.29 is 14.3 Å². The predicted molar refractivity (Wildman–Crippen MR) is 110 cm³/mol. The fraction of sp³-hybridized carbons (Fsp3) is 0.545. The zero-order valence-corrected chi connectivity index (χ0v) is 17.7. The number of hydrogen-bond acceptors (Lipinski definition) is 6. The minimum atomic E-state index is -0.244. The molecule has 1 aliphatic heterocycles. The highest BCUT2D eigenvalue weighted by molar-refractivity contribution is 7.15. The fourth-order valence-electron chi connectivity index (χ4n) is 5.79. The van der Waals surface area contributed by atoms with E-state index in [0.29, 0.717) is 16.7 Å². The number of aromatic nitrogens is 2. The van der Waals surface area contributed by atoms with Crippen molar-refractivity contribution >= 4 is 28.3 Å². The number of anilines is 1. The summed E-state index contributed by atoms with van der Waals surface area (Å²) in [5.74, 6) is 0.458. The standard InChI is InChI=1S/C22H25N3O3S/c1-11-13-7-8-22(3)10-15-17(12(2)16(22)18(13)28-20(11)27)24-21(29-15)25-19(26)14-6-4-5-9-23-14/h4-6,9,11-13,16,18H,7-8,10H2,1-3H3,(H,24,25,26)/t11-,12-,13-,16+,18-,22-/m0/s1. The van der Waals surface area contributed by atoms with Crippen LogP contribution in [0.1, 0.15) is 60.6 Å². The molecule has 0 aromatic carbocycles. The summed E-state index contributed by atoms with van der Waals surface area (Å²) in [6.07, 6.45) is 4.64. The van der Waals surface area contributed by atoms with Gasteiger partial charge in [-0.1, -0.05) is 26.8 Å². The monoisotopic (exact) mass is 411 g/mol. The van der Waals surface area contributed by atoms with Gasteiger partial charge in [-0.25, -0.2) is 4.98 Å². The van der Waals surface area contributed by atoms with Gasteiger partial charge in [-0.2, -0.15) is 0 Å². The molecule has 152 valence electrons. The normalized spacial score (nSPS) is 35.3. The number of carbonyl (C=O) groups excluding carboxylic acids is 2. The maximum atomic E-state index is 12.5. The van der Waals surface area contributed by atoms with Crippen molar-refractivity contribution in [3.8, 4) is 0 Å². The molecule has 3 aliphatic rings. The molecule has 1 amide bonds. The third-order valence-corrected chi connectivity index (χ3v) is 8.26. The summed E-state index contributed by atoms with van der Waals surface area (Å²) in [6.45, 7) is 6.53. The van der Waals surface area contributed by atoms with E-state index in [1.165, 1.54) is 4.88 Å². The van der Waals surface area contributed by atoms with Crippen LogP contribution >= 0.6 is 11.3 Å². The molecule has 0 radical (unpaired) electrons. The summed E-state index contributed by atoms with van der Waals surface area (Å²) in [6, 6.07) is 5.27. The van der Waals surface area contributed by atoms with Crippen LogP contribution in [-0.2, 0) is 16.0 Å². The van der Waals surface area contributed by atoms with Crippen LogP contribution < -0.4 is 5.32 Å². The van der Waals surface area contributed by atoms with E-state index in [1.807, 2.05) is 6.92 Å². The first kappa shape index (κ1) is 18.7. The van der Waals surface area contributed by atoms with E-state index in [-0.39, 0.29) is 41.1 Å². The van der Waals surface area contributed by atoms with Crippen LogP contribution in [0.25, 0.3) is 0 Å². The topological polar surface area (TPSA) is 81.2 Å². The molecule has 3 heterocycles. The molecule has 0 spiro atoms. The number of amides is 1. The van der Waals surface area contributed by atoms with Gasteiger partial charge in [0.05, 0.1) is 11.6 Å². The van der Waals surface area contributed by atoms with Gasteiger partial charge in [0.15, 0.2) is 5.13 Å². The average molecular weight is 412 g/mol. The average Bonchev–Trinajstić information content (AvgIpc) is 3.22. The number of thiazole rings is 1. The van der Waals surface area contributed by atoms with Gasteiger partial charge in [-0.3, -0.25) is 19.9 Å². The molecule has 2 fully saturated rings. The third-order valence-electron chi connectivity index (χ3n) is 7.28. The van der Waals surface area contributed by atoms with Crippen LogP contribution in [-0.4, -0.2) is 27.9 Å². The lowest BCUT2D eigenvalue weighted by Crippen LogP contribution is -2.50. The quantitative estimate of drug-likeness (QED) is 0.754. The van der Waals surface area contributed by atoms with Gasteiger partial charge in [0.25, 0.3) is 5.91 Å². The van der Waals surface area contributed by atoms with Gasteiger partial charge in [-0.15, -0.1) is 11.3 Å². The van der Waals surface area contributed by atoms with Crippen molar-refractivity contribution in [1.82, 2.24) is 9.97 Å². The number of esters is 1. The number of nitrogens with zero attached hydrogens (tertiary/aromatic N) is 2. The van der Waals surface area contributed by atoms with E-state index < -0.39 is 0 Å². The number of nitrogens with one attached hydrogen (secondary N) is 1. The number of pyridine rings is 1. The Morgan fingerprint density at radius 1 is 1.31 bits per heavy atom. The number of fused-ring (bicyclic) bond motifs is 4. The lowest BCUT2D eigenvalue weighted by molar-refractivity contribution is -0.149. The highest BCUT2D eigenvalue weighted by atomic mass is 32.1. The minimum Gasteiger partial charge on any atom is -0.461 e. The van der Waals surface area contributed by atoms with Crippen LogP contribution in [0, 0.1) is 23.2 Å². The summed E-state index contributed by atoms with van der Waals surface area (Å²) in [5, 5.41) is 3.53. The lowest BCUT2D eigenvalue weighted by atomic mass is 9.54. The van der Waals surface area contributed by atoms with Gasteiger partial charge in [-0.05, 0) is 36.8 Å². The first-order valence-corrected chi connectivity index (χ1v) is 11.1. The summed E-state index contributed by atoms with van der Waals surface area (Å²) in [5.41, 5.74) is 1.52. The molecule has 2 aromatic heterocycles. The second-order valence-electron chi connectivity index (χ2n) is 9.03. The number of ether oxygens (including phenoxy) is 1. The molecular formula is C22H25N3O3S. The maximum absolute atomic E-state index is 12.5. The zero-order chi connectivity index (χ0) is 20.3. The Bertz CT molecular complexity index is 975. The second-order valence-corrected chi connectivity index (χ2v) is 10.1. The molecule has 6 atom stereocenters. The minimum absolute atomic E-state index is 0.0122. The highest BCUT2D eigenvalue weighted by Gasteiger charge is 2.58. The summed E-state index contributed by atoms with van der Waals surface area (Å²) < 4.78 is 5.89. The zero-order valence-electron chi connectivity index (χ0n) is 16.8. The van der Waals surface area contributed by atoms with Crippen LogP contribution in [0.2, 0.25) is 0 Å². The van der Waals surface area contributed by atoms with E-state index in [2.05, 4.69) is 24.1 Å². The van der Waals surface area contributed by atoms with Crippen molar-refractivity contribution in [2.45, 2.75) is 52.1 Å². The van der Waals surface area contributed by atoms with E-state index in [1.54, 1.807) is 35.7 Å². The first-order valence-electron chi connectivity index (χ1n) is 10.3. The van der Waals surface area contributed by atoms with E-state index >= 15 is 0 Å². The lowest BCUT2D eigenvalue weighted by Gasteiger charge is -2.51. The van der Waals surface area contributed by atoms with Gasteiger partial charge in [0.1, 0.15) is 11.8 Å². The molecule has 5 rings (SSSR count). The van der Waals surface area contributed by atoms with Gasteiger partial charge in [0, 0.05) is 28.8 Å². The number of hydrogen-bond donors (Lipinski definition) is 1. The molecule has 7 heteroatoms. The van der Waals surface area contributed by atoms with Gasteiger partial charge >= 0.3 is 5.97 Å². The summed E-state index contributed by atoms with van der Waals surface area (Å²) in [4.78, 5) is 34.9. The van der Waals surface area contributed by atoms with Crippen molar-refractivity contribution in [2.24, 2.45) is 23.2 Å². The van der Waals surface area contributed by atoms with Crippen LogP contribution in [0.3, 0.4) is 0 Å². The Hall–Kier alpha value is -2.28. The van der Waals surface area contributed by atoms with E-state index in [4.69, 9.17) is 9.72 Å². The molecule has 2 aromatic rings. The van der Waals surface area contributed by atoms with Crippen molar-refractivity contribution in [1.29, 1.82) is 0 Å². The molecular weight excluding hydrogens is 386 g/mol. The van der Waals surface area contributed by atoms with Crippen molar-refractivity contribution in [2.75, 3.05) is 5.32 Å². The highest BCUT2D eigenvalue weighted by Crippen LogP contribution is 2.59. The molecule has 1 saturated heterocycles. The Kier molecular flexibility index (Phi) is 4.28. The van der Waals surface area contributed by atoms with Crippen LogP contribution in [0.5, 0.6) is 0 Å². The molecule has 0 bridgehead atoms. The van der Waals surface area contributed by atoms with Crippen LogP contribution in [0.15, 0.2) is 24.4 Å². The molecule has 0 unspecified atom stereocenters. The van der Waals surface area contributed by atoms with Gasteiger partial charge in [0.2, 0.25) is 0 Å². The SMILES string of the molecule is C[C@@H]1C(=O)O[C@H]2[C@H]1CC[C@@]1(C)Cc3sc(NC(=O)c4ccccn4)nc3[C@@H](C)[C@H]21. The summed E-state index contributed by atoms with van der Waals surface area (Å²) in [7, 11) is 0.